The van der Waals surface area contributed by atoms with Gasteiger partial charge in [-0.2, -0.15) is 0 Å². The van der Waals surface area contributed by atoms with Crippen molar-refractivity contribution < 1.29 is 9.53 Å². The van der Waals surface area contributed by atoms with Crippen LogP contribution in [0, 0.1) is 13.8 Å². The maximum absolute atomic E-state index is 13.7. The molecule has 0 unspecified atom stereocenters. The van der Waals surface area contributed by atoms with E-state index >= 15 is 0 Å². The summed E-state index contributed by atoms with van der Waals surface area (Å²) in [5.74, 6) is 0.370. The zero-order valence-electron chi connectivity index (χ0n) is 20.7. The van der Waals surface area contributed by atoms with Crippen LogP contribution in [0.5, 0.6) is 0 Å². The number of aryl methyl sites for hydroxylation is 2. The number of amides is 1. The van der Waals surface area contributed by atoms with Crippen LogP contribution in [0.15, 0.2) is 52.3 Å². The fourth-order valence-corrected chi connectivity index (χ4v) is 5.90. The van der Waals surface area contributed by atoms with Gasteiger partial charge in [0.05, 0.1) is 29.2 Å². The van der Waals surface area contributed by atoms with E-state index in [0.29, 0.717) is 45.9 Å². The third-order valence-corrected chi connectivity index (χ3v) is 7.77. The summed E-state index contributed by atoms with van der Waals surface area (Å²) in [5, 5.41) is 0. The number of carbonyl (C=O) groups excluding carboxylic acids is 1. The van der Waals surface area contributed by atoms with Crippen molar-refractivity contribution in [3.05, 3.63) is 80.1 Å². The standard InChI is InChI=1S/C27H28N4O3S2/c1-16-7-9-20(10-8-16)15-31-26(33)22(36-27(31)35)12-21-24(29-13-18(3)34-19(4)14-29)28-23-17(2)6-5-11-30(23)25(21)32/h5-12,18-19H,13-15H2,1-4H3/b22-12+/t18-,19-/m1/s1. The van der Waals surface area contributed by atoms with E-state index < -0.39 is 0 Å². The van der Waals surface area contributed by atoms with Crippen molar-refractivity contribution >= 4 is 51.7 Å². The first-order chi connectivity index (χ1) is 17.2. The summed E-state index contributed by atoms with van der Waals surface area (Å²) < 4.78 is 7.94. The molecule has 9 heteroatoms. The fraction of sp³-hybridized carbons (Fsp3) is 0.333. The lowest BCUT2D eigenvalue weighted by Gasteiger charge is -2.36. The predicted molar refractivity (Wildman–Crippen MR) is 148 cm³/mol. The molecular formula is C27H28N4O3S2. The maximum atomic E-state index is 13.7. The maximum Gasteiger partial charge on any atom is 0.267 e. The number of pyridine rings is 1. The minimum absolute atomic E-state index is 0.00792. The number of morpholine rings is 1. The van der Waals surface area contributed by atoms with Crippen LogP contribution >= 0.6 is 24.0 Å². The van der Waals surface area contributed by atoms with Crippen LogP contribution in [0.1, 0.15) is 36.1 Å². The van der Waals surface area contributed by atoms with Crippen LogP contribution in [0.3, 0.4) is 0 Å². The zero-order valence-corrected chi connectivity index (χ0v) is 22.4. The number of fused-ring (bicyclic) bond motifs is 1. The Kier molecular flexibility index (Phi) is 6.72. The third kappa shape index (κ3) is 4.70. The molecule has 2 aromatic heterocycles. The lowest BCUT2D eigenvalue weighted by atomic mass is 10.1. The Balaban J connectivity index is 1.58. The Bertz CT molecular complexity index is 1440. The molecule has 2 saturated heterocycles. The van der Waals surface area contributed by atoms with Crippen molar-refractivity contribution in [2.24, 2.45) is 0 Å². The summed E-state index contributed by atoms with van der Waals surface area (Å²) in [6.07, 6.45) is 3.36. The van der Waals surface area contributed by atoms with Gasteiger partial charge in [0.2, 0.25) is 0 Å². The Hall–Kier alpha value is -3.01. The molecular weight excluding hydrogens is 492 g/mol. The minimum atomic E-state index is -0.214. The Morgan fingerprint density at radius 3 is 2.50 bits per heavy atom. The Labute approximate surface area is 219 Å². The molecule has 4 heterocycles. The summed E-state index contributed by atoms with van der Waals surface area (Å²) in [6, 6.07) is 11.8. The highest BCUT2D eigenvalue weighted by Gasteiger charge is 2.33. The molecule has 5 rings (SSSR count). The average Bonchev–Trinajstić information content (AvgIpc) is 3.09. The molecule has 0 spiro atoms. The Morgan fingerprint density at radius 2 is 1.81 bits per heavy atom. The van der Waals surface area contributed by atoms with Crippen LogP contribution < -0.4 is 10.5 Å². The molecule has 0 N–H and O–H groups in total. The molecule has 0 bridgehead atoms. The number of thiocarbonyl (C=S) groups is 1. The van der Waals surface area contributed by atoms with Crippen molar-refractivity contribution in [2.45, 2.75) is 46.4 Å². The first kappa shape index (κ1) is 24.7. The average molecular weight is 521 g/mol. The number of benzene rings is 1. The second-order valence-corrected chi connectivity index (χ2v) is 11.1. The van der Waals surface area contributed by atoms with E-state index in [1.165, 1.54) is 11.8 Å². The van der Waals surface area contributed by atoms with E-state index in [4.69, 9.17) is 21.9 Å². The van der Waals surface area contributed by atoms with E-state index in [9.17, 15) is 9.59 Å². The van der Waals surface area contributed by atoms with Gasteiger partial charge in [0.1, 0.15) is 15.8 Å². The molecule has 1 aromatic carbocycles. The molecule has 2 aliphatic rings. The highest BCUT2D eigenvalue weighted by molar-refractivity contribution is 8.26. The van der Waals surface area contributed by atoms with Gasteiger partial charge in [-0.25, -0.2) is 4.98 Å². The van der Waals surface area contributed by atoms with Crippen molar-refractivity contribution in [2.75, 3.05) is 18.0 Å². The monoisotopic (exact) mass is 520 g/mol. The molecule has 0 aliphatic carbocycles. The van der Waals surface area contributed by atoms with Gasteiger partial charge < -0.3 is 9.64 Å². The van der Waals surface area contributed by atoms with Gasteiger partial charge in [-0.1, -0.05) is 59.9 Å². The SMILES string of the molecule is Cc1ccc(CN2C(=O)/C(=C\c3c(N4C[C@@H](C)O[C@H](C)C4)nc4c(C)cccn4c3=O)SC2=S)cc1. The second-order valence-electron chi connectivity index (χ2n) is 9.45. The molecule has 7 nitrogen and oxygen atoms in total. The van der Waals surface area contributed by atoms with Crippen LogP contribution in [0.4, 0.5) is 5.82 Å². The van der Waals surface area contributed by atoms with Crippen LogP contribution in [0.2, 0.25) is 0 Å². The number of ether oxygens (including phenoxy) is 1. The van der Waals surface area contributed by atoms with E-state index in [0.717, 1.165) is 16.7 Å². The summed E-state index contributed by atoms with van der Waals surface area (Å²) in [5.41, 5.74) is 3.83. The van der Waals surface area contributed by atoms with E-state index in [-0.39, 0.29) is 23.7 Å². The quantitative estimate of drug-likeness (QED) is 0.375. The molecule has 3 aromatic rings. The van der Waals surface area contributed by atoms with E-state index in [2.05, 4.69) is 4.90 Å². The van der Waals surface area contributed by atoms with Crippen LogP contribution in [0.25, 0.3) is 11.7 Å². The summed E-state index contributed by atoms with van der Waals surface area (Å²) in [4.78, 5) is 36.2. The third-order valence-electron chi connectivity index (χ3n) is 6.39. The first-order valence-electron chi connectivity index (χ1n) is 11.9. The lowest BCUT2D eigenvalue weighted by molar-refractivity contribution is -0.122. The first-order valence-corrected chi connectivity index (χ1v) is 13.2. The molecule has 36 heavy (non-hydrogen) atoms. The molecule has 0 radical (unpaired) electrons. The highest BCUT2D eigenvalue weighted by atomic mass is 32.2. The van der Waals surface area contributed by atoms with Crippen LogP contribution in [-0.4, -0.2) is 49.8 Å². The van der Waals surface area contributed by atoms with Gasteiger partial charge >= 0.3 is 0 Å². The van der Waals surface area contributed by atoms with Crippen molar-refractivity contribution in [3.63, 3.8) is 0 Å². The number of hydrogen-bond acceptors (Lipinski definition) is 7. The van der Waals surface area contributed by atoms with Gasteiger partial charge in [-0.05, 0) is 51.0 Å². The highest BCUT2D eigenvalue weighted by Crippen LogP contribution is 2.35. The number of aromatic nitrogens is 2. The number of thioether (sulfide) groups is 1. The van der Waals surface area contributed by atoms with E-state index in [1.54, 1.807) is 21.6 Å². The van der Waals surface area contributed by atoms with Gasteiger partial charge in [0.25, 0.3) is 11.5 Å². The molecule has 0 saturated carbocycles. The molecule has 2 aliphatic heterocycles. The minimum Gasteiger partial charge on any atom is -0.372 e. The van der Waals surface area contributed by atoms with Crippen LogP contribution in [-0.2, 0) is 16.1 Å². The number of hydrogen-bond donors (Lipinski definition) is 0. The summed E-state index contributed by atoms with van der Waals surface area (Å²) >= 11 is 6.78. The molecule has 1 amide bonds. The fourth-order valence-electron chi connectivity index (χ4n) is 4.66. The largest absolute Gasteiger partial charge is 0.372 e. The second kappa shape index (κ2) is 9.80. The smallest absolute Gasteiger partial charge is 0.267 e. The van der Waals surface area contributed by atoms with Gasteiger partial charge in [-0.3, -0.25) is 18.9 Å². The van der Waals surface area contributed by atoms with Gasteiger partial charge in [0.15, 0.2) is 0 Å². The molecule has 186 valence electrons. The van der Waals surface area contributed by atoms with Gasteiger partial charge in [-0.15, -0.1) is 0 Å². The number of carbonyl (C=O) groups is 1. The van der Waals surface area contributed by atoms with Gasteiger partial charge in [0, 0.05) is 19.3 Å². The number of anilines is 1. The number of nitrogens with zero attached hydrogens (tertiary/aromatic N) is 4. The molecule has 2 atom stereocenters. The summed E-state index contributed by atoms with van der Waals surface area (Å²) in [7, 11) is 0. The molecule has 2 fully saturated rings. The normalized spacial score (nSPS) is 21.7. The topological polar surface area (TPSA) is 67.2 Å². The summed E-state index contributed by atoms with van der Waals surface area (Å²) in [6.45, 7) is 9.59. The van der Waals surface area contributed by atoms with Crippen molar-refractivity contribution in [1.29, 1.82) is 0 Å². The van der Waals surface area contributed by atoms with E-state index in [1.807, 2.05) is 64.1 Å². The predicted octanol–water partition coefficient (Wildman–Crippen LogP) is 4.33. The van der Waals surface area contributed by atoms with Crippen molar-refractivity contribution in [3.8, 4) is 0 Å². The van der Waals surface area contributed by atoms with Crippen molar-refractivity contribution in [1.82, 2.24) is 14.3 Å². The lowest BCUT2D eigenvalue weighted by Crippen LogP contribution is -2.46. The zero-order chi connectivity index (χ0) is 25.6. The number of rotatable bonds is 4. The Morgan fingerprint density at radius 1 is 1.11 bits per heavy atom.